The van der Waals surface area contributed by atoms with E-state index in [0.29, 0.717) is 23.8 Å². The molecular weight excluding hydrogens is 465 g/mol. The van der Waals surface area contributed by atoms with Gasteiger partial charge < -0.3 is 14.5 Å². The molecule has 0 spiro atoms. The number of methoxy groups -OCH3 is 1. The lowest BCUT2D eigenvalue weighted by Crippen LogP contribution is -2.00. The van der Waals surface area contributed by atoms with Gasteiger partial charge in [0.05, 0.1) is 33.9 Å². The van der Waals surface area contributed by atoms with Crippen LogP contribution in [0, 0.1) is 28.7 Å². The molecule has 0 bridgehead atoms. The number of nitrogens with one attached hydrogen (secondary N) is 1. The Morgan fingerprint density at radius 1 is 1.25 bits per heavy atom. The first-order chi connectivity index (χ1) is 13.5. The summed E-state index contributed by atoms with van der Waals surface area (Å²) in [7, 11) is 1.62. The number of halogens is 1. The van der Waals surface area contributed by atoms with Crippen molar-refractivity contribution >= 4 is 45.3 Å². The number of aromatic nitrogens is 2. The van der Waals surface area contributed by atoms with E-state index in [0.717, 1.165) is 32.3 Å². The zero-order valence-corrected chi connectivity index (χ0v) is 18.5. The van der Waals surface area contributed by atoms with Gasteiger partial charge in [-0.1, -0.05) is 6.92 Å². The van der Waals surface area contributed by atoms with Crippen molar-refractivity contribution in [1.82, 2.24) is 9.97 Å². The molecular formula is C22H22IN3O2. The van der Waals surface area contributed by atoms with E-state index in [9.17, 15) is 5.26 Å². The Hall–Kier alpha value is -2.53. The second kappa shape index (κ2) is 8.65. The van der Waals surface area contributed by atoms with Gasteiger partial charge >= 0.3 is 0 Å². The molecule has 0 aliphatic heterocycles. The van der Waals surface area contributed by atoms with Crippen molar-refractivity contribution in [3.8, 4) is 17.6 Å². The summed E-state index contributed by atoms with van der Waals surface area (Å²) in [6, 6.07) is 10.2. The molecule has 0 atom stereocenters. The predicted molar refractivity (Wildman–Crippen MR) is 121 cm³/mol. The lowest BCUT2D eigenvalue weighted by atomic mass is 10.1. The van der Waals surface area contributed by atoms with Crippen LogP contribution >= 0.6 is 22.6 Å². The van der Waals surface area contributed by atoms with Gasteiger partial charge in [0.25, 0.3) is 0 Å². The maximum absolute atomic E-state index is 9.71. The number of hydrogen-bond acceptors (Lipinski definition) is 4. The fourth-order valence-electron chi connectivity index (χ4n) is 2.88. The number of aryl methyl sites for hydroxylation is 2. The summed E-state index contributed by atoms with van der Waals surface area (Å²) < 4.78 is 12.2. The number of allylic oxidation sites excluding steroid dienone is 1. The van der Waals surface area contributed by atoms with E-state index in [4.69, 9.17) is 9.47 Å². The van der Waals surface area contributed by atoms with Crippen molar-refractivity contribution in [3.05, 3.63) is 50.4 Å². The second-order valence-electron chi connectivity index (χ2n) is 6.59. The van der Waals surface area contributed by atoms with Gasteiger partial charge in [-0.2, -0.15) is 5.26 Å². The standard InChI is InChI=1S/C22H22IN3O2/c1-5-6-28-21-17(23)10-15(11-20(21)27-4)9-16(12-24)22-25-18-7-13(2)14(3)8-19(18)26-22/h7-11H,5-6H2,1-4H3,(H,25,26). The summed E-state index contributed by atoms with van der Waals surface area (Å²) in [6.45, 7) is 6.81. The molecule has 0 aliphatic rings. The Morgan fingerprint density at radius 2 is 2.00 bits per heavy atom. The number of benzene rings is 2. The molecule has 0 unspecified atom stereocenters. The van der Waals surface area contributed by atoms with E-state index in [1.54, 1.807) is 7.11 Å². The summed E-state index contributed by atoms with van der Waals surface area (Å²) in [6.07, 6.45) is 2.73. The van der Waals surface area contributed by atoms with Crippen molar-refractivity contribution in [3.63, 3.8) is 0 Å². The summed E-state index contributed by atoms with van der Waals surface area (Å²) >= 11 is 2.23. The minimum Gasteiger partial charge on any atom is -0.493 e. The molecule has 1 heterocycles. The van der Waals surface area contributed by atoms with E-state index in [2.05, 4.69) is 65.5 Å². The van der Waals surface area contributed by atoms with Gasteiger partial charge in [0.15, 0.2) is 11.5 Å². The topological polar surface area (TPSA) is 70.9 Å². The third kappa shape index (κ3) is 4.14. The van der Waals surface area contributed by atoms with Crippen LogP contribution in [0.15, 0.2) is 24.3 Å². The van der Waals surface area contributed by atoms with Crippen LogP contribution in [0.2, 0.25) is 0 Å². The average Bonchev–Trinajstić information content (AvgIpc) is 3.07. The summed E-state index contributed by atoms with van der Waals surface area (Å²) in [5.74, 6) is 1.94. The van der Waals surface area contributed by atoms with Gasteiger partial charge in [-0.3, -0.25) is 0 Å². The molecule has 2 aromatic carbocycles. The molecule has 0 radical (unpaired) electrons. The van der Waals surface area contributed by atoms with Crippen LogP contribution in [0.3, 0.4) is 0 Å². The van der Waals surface area contributed by atoms with E-state index >= 15 is 0 Å². The second-order valence-corrected chi connectivity index (χ2v) is 7.75. The number of aromatic amines is 1. The van der Waals surface area contributed by atoms with E-state index in [-0.39, 0.29) is 0 Å². The van der Waals surface area contributed by atoms with Crippen LogP contribution in [0.1, 0.15) is 35.9 Å². The number of fused-ring (bicyclic) bond motifs is 1. The fourth-order valence-corrected chi connectivity index (χ4v) is 3.67. The van der Waals surface area contributed by atoms with Crippen molar-refractivity contribution < 1.29 is 9.47 Å². The highest BCUT2D eigenvalue weighted by atomic mass is 127. The maximum atomic E-state index is 9.71. The van der Waals surface area contributed by atoms with Gasteiger partial charge in [0.2, 0.25) is 0 Å². The van der Waals surface area contributed by atoms with Crippen LogP contribution < -0.4 is 9.47 Å². The van der Waals surface area contributed by atoms with E-state index in [1.807, 2.05) is 24.3 Å². The first-order valence-corrected chi connectivity index (χ1v) is 10.1. The Labute approximate surface area is 178 Å². The number of ether oxygens (including phenoxy) is 2. The first-order valence-electron chi connectivity index (χ1n) is 9.06. The number of imidazole rings is 1. The Morgan fingerprint density at radius 3 is 2.68 bits per heavy atom. The SMILES string of the molecule is CCCOc1c(I)cc(C=C(C#N)c2nc3cc(C)c(C)cc3[nH]2)cc1OC. The van der Waals surface area contributed by atoms with E-state index in [1.165, 1.54) is 11.1 Å². The quantitative estimate of drug-likeness (QED) is 0.361. The Balaban J connectivity index is 2.03. The van der Waals surface area contributed by atoms with Gasteiger partial charge in [-0.15, -0.1) is 0 Å². The lowest BCUT2D eigenvalue weighted by Gasteiger charge is -2.13. The van der Waals surface area contributed by atoms with Crippen LogP contribution in [0.25, 0.3) is 22.7 Å². The zero-order valence-electron chi connectivity index (χ0n) is 16.4. The Kier molecular flexibility index (Phi) is 6.25. The fraction of sp³-hybridized carbons (Fsp3) is 0.273. The lowest BCUT2D eigenvalue weighted by molar-refractivity contribution is 0.292. The minimum absolute atomic E-state index is 0.464. The molecule has 0 fully saturated rings. The highest BCUT2D eigenvalue weighted by Gasteiger charge is 2.13. The van der Waals surface area contributed by atoms with Crippen LogP contribution in [0.5, 0.6) is 11.5 Å². The molecule has 3 rings (SSSR count). The van der Waals surface area contributed by atoms with Crippen LogP contribution in [-0.2, 0) is 0 Å². The first kappa shape index (κ1) is 20.2. The third-order valence-corrected chi connectivity index (χ3v) is 5.29. The largest absolute Gasteiger partial charge is 0.493 e. The van der Waals surface area contributed by atoms with Gasteiger partial charge in [0, 0.05) is 0 Å². The normalized spacial score (nSPS) is 11.5. The highest BCUT2D eigenvalue weighted by molar-refractivity contribution is 14.1. The van der Waals surface area contributed by atoms with Crippen molar-refractivity contribution in [2.24, 2.45) is 0 Å². The number of H-pyrrole nitrogens is 1. The number of hydrogen-bond donors (Lipinski definition) is 1. The van der Waals surface area contributed by atoms with E-state index < -0.39 is 0 Å². The third-order valence-electron chi connectivity index (χ3n) is 4.49. The molecule has 28 heavy (non-hydrogen) atoms. The molecule has 5 nitrogen and oxygen atoms in total. The minimum atomic E-state index is 0.464. The smallest absolute Gasteiger partial charge is 0.174 e. The molecule has 1 aromatic heterocycles. The summed E-state index contributed by atoms with van der Waals surface area (Å²) in [4.78, 5) is 7.86. The molecule has 0 amide bonds. The molecule has 0 aliphatic carbocycles. The monoisotopic (exact) mass is 487 g/mol. The maximum Gasteiger partial charge on any atom is 0.174 e. The zero-order chi connectivity index (χ0) is 20.3. The number of rotatable bonds is 6. The molecule has 144 valence electrons. The van der Waals surface area contributed by atoms with Gasteiger partial charge in [0.1, 0.15) is 11.9 Å². The molecule has 3 aromatic rings. The summed E-state index contributed by atoms with van der Waals surface area (Å²) in [5, 5.41) is 9.71. The molecule has 0 saturated carbocycles. The number of nitriles is 1. The number of nitrogens with zero attached hydrogens (tertiary/aromatic N) is 2. The van der Waals surface area contributed by atoms with Gasteiger partial charge in [-0.05, 0) is 89.9 Å². The van der Waals surface area contributed by atoms with Crippen LogP contribution in [0.4, 0.5) is 0 Å². The van der Waals surface area contributed by atoms with Crippen LogP contribution in [-0.4, -0.2) is 23.7 Å². The average molecular weight is 487 g/mol. The van der Waals surface area contributed by atoms with Crippen molar-refractivity contribution in [1.29, 1.82) is 5.26 Å². The molecule has 6 heteroatoms. The van der Waals surface area contributed by atoms with Crippen molar-refractivity contribution in [2.45, 2.75) is 27.2 Å². The Bertz CT molecular complexity index is 1050. The predicted octanol–water partition coefficient (Wildman–Crippen LogP) is 5.65. The van der Waals surface area contributed by atoms with Gasteiger partial charge in [-0.25, -0.2) is 4.98 Å². The molecule has 1 N–H and O–H groups in total. The summed E-state index contributed by atoms with van der Waals surface area (Å²) in [5.41, 5.74) is 5.47. The van der Waals surface area contributed by atoms with Crippen molar-refractivity contribution in [2.75, 3.05) is 13.7 Å². The molecule has 0 saturated heterocycles. The highest BCUT2D eigenvalue weighted by Crippen LogP contribution is 2.35.